The van der Waals surface area contributed by atoms with Crippen molar-refractivity contribution in [2.24, 2.45) is 0 Å². The van der Waals surface area contributed by atoms with Gasteiger partial charge in [0, 0.05) is 94.2 Å². The number of carboxylic acids is 1. The van der Waals surface area contributed by atoms with Crippen LogP contribution in [0.4, 0.5) is 0 Å². The highest BCUT2D eigenvalue weighted by Crippen LogP contribution is 2.45. The van der Waals surface area contributed by atoms with Gasteiger partial charge in [-0.25, -0.2) is 24.7 Å². The number of aromatic nitrogens is 8. The normalized spacial score (nSPS) is 12.5. The van der Waals surface area contributed by atoms with Gasteiger partial charge in [0.25, 0.3) is 0 Å². The number of hydrogen-bond donors (Lipinski definition) is 5. The Hall–Kier alpha value is -14.6. The summed E-state index contributed by atoms with van der Waals surface area (Å²) in [5, 5.41) is 19.6. The minimum atomic E-state index is -1.29. The van der Waals surface area contributed by atoms with E-state index in [1.165, 1.54) is 17.2 Å². The standard InChI is InChI=1S/C104H81N9O2/c1-58-11-20-70(21-12-58)95-80-29-30-81(106-80)96(71-22-13-59(2)14-23-71)83-32-34-86(108-83)98(73-26-18-69(19-27-73)55-79(57-105)104(114)115)87-36-35-85(109-87)97(84-33-31-82(95)107-84)72-24-15-68(16-25-72)17-28-74-56-94-101(77-51-64(7)45-65(8)52-77)92-40-39-90(111-92)99(75-47-60(3)43-61(4)48-75)88-37-38-89(110-88)100(76-49-62(5)44-63(6)50-76)91-41-42-93(112-91)102(103(74)113-94)78-53-66(9)46-67(10)54-78/h11-56,107-108,111-112H,1-10H3,(H,114,115)/b28-17+,79-55-,95-80?,95-82?,96-81?,96-83?,97-84?,97-85?,98-86?,98-87?,99-88?,99-90?,100-89?,100-91?,101-92?,101-94?,102-93?,103-102?. The third-order valence-corrected chi connectivity index (χ3v) is 21.9. The monoisotopic (exact) mass is 1490 g/mol. The molecule has 14 aromatic rings. The first-order valence-corrected chi connectivity index (χ1v) is 38.8. The molecule has 0 atom stereocenters. The molecule has 16 bridgehead atoms. The van der Waals surface area contributed by atoms with Crippen LogP contribution in [0.25, 0.3) is 193 Å². The van der Waals surface area contributed by atoms with Crippen molar-refractivity contribution in [3.05, 3.63) is 342 Å². The Morgan fingerprint density at radius 1 is 0.296 bits per heavy atom. The highest BCUT2D eigenvalue weighted by molar-refractivity contribution is 6.07. The molecule has 18 rings (SSSR count). The number of nitrogens with zero attached hydrogens (tertiary/aromatic N) is 5. The number of aryl methyl sites for hydroxylation is 10. The fourth-order valence-corrected chi connectivity index (χ4v) is 17.0. The van der Waals surface area contributed by atoms with Gasteiger partial charge in [-0.1, -0.05) is 238 Å². The van der Waals surface area contributed by atoms with E-state index >= 15 is 0 Å². The van der Waals surface area contributed by atoms with Crippen LogP contribution in [0, 0.1) is 80.6 Å². The van der Waals surface area contributed by atoms with Gasteiger partial charge in [-0.2, -0.15) is 5.26 Å². The molecule has 6 aromatic heterocycles. The van der Waals surface area contributed by atoms with Crippen LogP contribution < -0.4 is 0 Å². The van der Waals surface area contributed by atoms with Crippen molar-refractivity contribution in [1.29, 1.82) is 5.26 Å². The molecule has 11 heteroatoms. The zero-order valence-corrected chi connectivity index (χ0v) is 65.6. The molecule has 0 saturated heterocycles. The second-order valence-corrected chi connectivity index (χ2v) is 31.0. The molecule has 115 heavy (non-hydrogen) atoms. The maximum Gasteiger partial charge on any atom is 0.346 e. The third-order valence-electron chi connectivity index (χ3n) is 21.9. The Morgan fingerprint density at radius 3 is 0.852 bits per heavy atom. The molecule has 0 saturated carbocycles. The summed E-state index contributed by atoms with van der Waals surface area (Å²) in [4.78, 5) is 50.8. The van der Waals surface area contributed by atoms with Gasteiger partial charge in [0.15, 0.2) is 0 Å². The topological polar surface area (TPSA) is 176 Å². The van der Waals surface area contributed by atoms with Gasteiger partial charge in [-0.15, -0.1) is 0 Å². The van der Waals surface area contributed by atoms with E-state index in [-0.39, 0.29) is 5.57 Å². The predicted molar refractivity (Wildman–Crippen MR) is 478 cm³/mol. The lowest BCUT2D eigenvalue weighted by molar-refractivity contribution is -0.132. The van der Waals surface area contributed by atoms with Crippen molar-refractivity contribution in [2.75, 3.05) is 0 Å². The van der Waals surface area contributed by atoms with E-state index in [0.717, 1.165) is 229 Å². The fourth-order valence-electron chi connectivity index (χ4n) is 17.0. The quantitative estimate of drug-likeness (QED) is 0.0597. The number of fused-ring (bicyclic) bond motifs is 16. The molecule has 0 radical (unpaired) electrons. The Balaban J connectivity index is 0.866. The summed E-state index contributed by atoms with van der Waals surface area (Å²) < 4.78 is 0. The Morgan fingerprint density at radius 2 is 0.557 bits per heavy atom. The SMILES string of the molecule is Cc1ccc(-c2c3nc(c(-c4ccc(C)cc4)c4ccc([nH]4)c(-c4ccc(/C=C/C5=Cc6nc5c(-c5cc(C)cc(C)c5)c5ccc([nH]5)c(-c5cc(C)cc(C)c5)c5nc(c(-c7cc(C)cc(C)c7)c7ccc([nH]7)c6-c6cc(C)cc(C)c6)C=C5)cc4)c4nc(c(-c5ccc(/C=C(/C#N)C(=O)O)cc5)c5ccc2[nH]5)C=C4)C=C3)cc1. The van der Waals surface area contributed by atoms with Crippen LogP contribution in [-0.4, -0.2) is 50.9 Å². The first kappa shape index (κ1) is 72.0. The van der Waals surface area contributed by atoms with Crippen LogP contribution in [0.15, 0.2) is 230 Å². The van der Waals surface area contributed by atoms with Crippen molar-refractivity contribution in [3.63, 3.8) is 0 Å². The average molecular weight is 1490 g/mol. The molecular formula is C104H81N9O2. The molecule has 8 aromatic carbocycles. The van der Waals surface area contributed by atoms with E-state index in [9.17, 15) is 15.2 Å². The van der Waals surface area contributed by atoms with Gasteiger partial charge >= 0.3 is 5.97 Å². The van der Waals surface area contributed by atoms with Crippen molar-refractivity contribution in [1.82, 2.24) is 39.9 Å². The zero-order valence-electron chi connectivity index (χ0n) is 65.6. The van der Waals surface area contributed by atoms with Gasteiger partial charge in [0.05, 0.1) is 45.6 Å². The molecule has 4 aliphatic rings. The van der Waals surface area contributed by atoms with E-state index in [2.05, 4.69) is 338 Å². The van der Waals surface area contributed by atoms with Gasteiger partial charge < -0.3 is 25.0 Å². The smallest absolute Gasteiger partial charge is 0.346 e. The number of carboxylic acid groups (broad SMARTS) is 1. The lowest BCUT2D eigenvalue weighted by Crippen LogP contribution is -1.97. The van der Waals surface area contributed by atoms with Crippen LogP contribution in [0.2, 0.25) is 0 Å². The number of nitriles is 1. The van der Waals surface area contributed by atoms with Crippen LogP contribution in [0.1, 0.15) is 112 Å². The maximum absolute atomic E-state index is 12.0. The fraction of sp³-hybridized carbons (Fsp3) is 0.0962. The molecule has 0 spiro atoms. The molecule has 554 valence electrons. The van der Waals surface area contributed by atoms with E-state index in [4.69, 9.17) is 19.9 Å². The number of benzene rings is 8. The van der Waals surface area contributed by atoms with Crippen molar-refractivity contribution >= 4 is 110 Å². The van der Waals surface area contributed by atoms with Gasteiger partial charge in [0.1, 0.15) is 11.6 Å². The zero-order chi connectivity index (χ0) is 79.0. The average Bonchev–Trinajstić information content (AvgIpc) is 1.61. The summed E-state index contributed by atoms with van der Waals surface area (Å²) in [6.45, 7) is 21.5. The van der Waals surface area contributed by atoms with E-state index in [1.54, 1.807) is 0 Å². The third kappa shape index (κ3) is 14.0. The largest absolute Gasteiger partial charge is 0.477 e. The van der Waals surface area contributed by atoms with Gasteiger partial charge in [0.2, 0.25) is 0 Å². The Kier molecular flexibility index (Phi) is 18.3. The van der Waals surface area contributed by atoms with E-state index < -0.39 is 5.97 Å². The summed E-state index contributed by atoms with van der Waals surface area (Å²) in [6.07, 6.45) is 20.8. The Labute approximate surface area is 668 Å². The number of carbonyl (C=O) groups is 1. The minimum Gasteiger partial charge on any atom is -0.477 e. The Bertz CT molecular complexity index is 6990. The first-order valence-electron chi connectivity index (χ1n) is 38.8. The summed E-state index contributed by atoms with van der Waals surface area (Å²) in [6, 6.07) is 79.7. The molecule has 11 nitrogen and oxygen atoms in total. The highest BCUT2D eigenvalue weighted by atomic mass is 16.4. The number of aromatic amines is 4. The lowest BCUT2D eigenvalue weighted by atomic mass is 9.96. The molecule has 0 aliphatic carbocycles. The molecule has 0 amide bonds. The summed E-state index contributed by atoms with van der Waals surface area (Å²) >= 11 is 0. The van der Waals surface area contributed by atoms with Crippen LogP contribution >= 0.6 is 0 Å². The molecule has 0 unspecified atom stereocenters. The van der Waals surface area contributed by atoms with Gasteiger partial charge in [-0.05, 0) is 222 Å². The second-order valence-electron chi connectivity index (χ2n) is 31.0. The number of hydrogen-bond acceptors (Lipinski definition) is 6. The number of rotatable bonds is 12. The molecular weight excluding hydrogens is 1410 g/mol. The van der Waals surface area contributed by atoms with E-state index in [1.807, 2.05) is 30.3 Å². The summed E-state index contributed by atoms with van der Waals surface area (Å²) in [5.74, 6) is -1.29. The van der Waals surface area contributed by atoms with Crippen LogP contribution in [0.3, 0.4) is 0 Å². The van der Waals surface area contributed by atoms with Crippen LogP contribution in [0.5, 0.6) is 0 Å². The summed E-state index contributed by atoms with van der Waals surface area (Å²) in [7, 11) is 0. The predicted octanol–water partition coefficient (Wildman–Crippen LogP) is 26.1. The first-order chi connectivity index (χ1) is 55.7. The number of aliphatic carboxylic acids is 1. The van der Waals surface area contributed by atoms with Crippen molar-refractivity contribution in [3.8, 4) is 95.1 Å². The van der Waals surface area contributed by atoms with Crippen molar-refractivity contribution in [2.45, 2.75) is 69.2 Å². The molecule has 4 aliphatic heterocycles. The van der Waals surface area contributed by atoms with E-state index in [0.29, 0.717) is 11.3 Å². The molecule has 10 heterocycles. The molecule has 5 N–H and O–H groups in total. The second kappa shape index (κ2) is 29.2. The minimum absolute atomic E-state index is 0.358. The highest BCUT2D eigenvalue weighted by Gasteiger charge is 2.26. The van der Waals surface area contributed by atoms with Gasteiger partial charge in [-0.3, -0.25) is 0 Å². The molecule has 0 fully saturated rings. The number of H-pyrrole nitrogens is 4. The maximum atomic E-state index is 12.0. The number of allylic oxidation sites excluding steroid dienone is 2. The lowest BCUT2D eigenvalue weighted by Gasteiger charge is -2.10. The summed E-state index contributed by atoms with van der Waals surface area (Å²) in [5.41, 5.74) is 42.7. The van der Waals surface area contributed by atoms with Crippen molar-refractivity contribution < 1.29 is 9.90 Å². The number of nitrogens with one attached hydrogen (secondary N) is 4. The van der Waals surface area contributed by atoms with Crippen LogP contribution in [-0.2, 0) is 4.79 Å².